The monoisotopic (exact) mass is 295 g/mol. The van der Waals surface area contributed by atoms with Gasteiger partial charge in [-0.05, 0) is 80.8 Å². The van der Waals surface area contributed by atoms with Crippen molar-refractivity contribution in [2.75, 3.05) is 13.1 Å². The molecule has 2 heteroatoms. The van der Waals surface area contributed by atoms with Crippen molar-refractivity contribution in [1.82, 2.24) is 5.32 Å². The summed E-state index contributed by atoms with van der Waals surface area (Å²) in [7, 11) is 0. The highest BCUT2D eigenvalue weighted by molar-refractivity contribution is 6.31. The quantitative estimate of drug-likeness (QED) is 0.641. The Bertz CT molecular complexity index is 424. The highest BCUT2D eigenvalue weighted by atomic mass is 35.5. The Hall–Kier alpha value is -0.530. The third-order valence-electron chi connectivity index (χ3n) is 4.14. The lowest BCUT2D eigenvalue weighted by Crippen LogP contribution is -2.23. The molecule has 0 aliphatic carbocycles. The molecular weight excluding hydrogens is 266 g/mol. The minimum atomic E-state index is 0.364. The number of hydrogen-bond donors (Lipinski definition) is 1. The van der Waals surface area contributed by atoms with Gasteiger partial charge in [0.15, 0.2) is 0 Å². The predicted octanol–water partition coefficient (Wildman–Crippen LogP) is 5.31. The minimum Gasteiger partial charge on any atom is -0.317 e. The zero-order valence-electron chi connectivity index (χ0n) is 13.8. The first-order valence-electron chi connectivity index (χ1n) is 7.82. The molecule has 0 aliphatic heterocycles. The van der Waals surface area contributed by atoms with Crippen molar-refractivity contribution < 1.29 is 0 Å². The fourth-order valence-corrected chi connectivity index (χ4v) is 2.67. The Labute approximate surface area is 130 Å². The highest BCUT2D eigenvalue weighted by Crippen LogP contribution is 2.29. The first-order chi connectivity index (χ1) is 9.35. The summed E-state index contributed by atoms with van der Waals surface area (Å²) >= 11 is 6.36. The van der Waals surface area contributed by atoms with E-state index in [1.54, 1.807) is 0 Å². The van der Waals surface area contributed by atoms with Crippen molar-refractivity contribution in [2.45, 2.75) is 60.3 Å². The number of hydrogen-bond acceptors (Lipinski definition) is 1. The molecular formula is C18H30ClN. The van der Waals surface area contributed by atoms with Crippen molar-refractivity contribution in [1.29, 1.82) is 0 Å². The molecule has 0 spiro atoms. The molecule has 1 N–H and O–H groups in total. The van der Waals surface area contributed by atoms with Crippen molar-refractivity contribution in [2.24, 2.45) is 5.41 Å². The van der Waals surface area contributed by atoms with Gasteiger partial charge >= 0.3 is 0 Å². The van der Waals surface area contributed by atoms with Crippen LogP contribution in [0, 0.1) is 19.3 Å². The summed E-state index contributed by atoms with van der Waals surface area (Å²) in [5.41, 5.74) is 4.28. The predicted molar refractivity (Wildman–Crippen MR) is 90.8 cm³/mol. The second kappa shape index (κ2) is 8.05. The average molecular weight is 296 g/mol. The van der Waals surface area contributed by atoms with E-state index < -0.39 is 0 Å². The lowest BCUT2D eigenvalue weighted by Gasteiger charge is -2.25. The highest BCUT2D eigenvalue weighted by Gasteiger charge is 2.18. The zero-order valence-corrected chi connectivity index (χ0v) is 14.5. The zero-order chi connectivity index (χ0) is 15.2. The molecule has 0 bridgehead atoms. The van der Waals surface area contributed by atoms with Crippen molar-refractivity contribution >= 4 is 11.6 Å². The number of halogens is 1. The topological polar surface area (TPSA) is 12.0 Å². The summed E-state index contributed by atoms with van der Waals surface area (Å²) < 4.78 is 0. The third kappa shape index (κ3) is 5.85. The van der Waals surface area contributed by atoms with Crippen LogP contribution in [0.15, 0.2) is 12.1 Å². The van der Waals surface area contributed by atoms with E-state index in [9.17, 15) is 0 Å². The SMILES string of the molecule is CCCNCCC(C)(C)CCc1cc(C)c(C)cc1Cl. The third-order valence-corrected chi connectivity index (χ3v) is 4.49. The Morgan fingerprint density at radius 2 is 1.70 bits per heavy atom. The number of aryl methyl sites for hydroxylation is 3. The van der Waals surface area contributed by atoms with Gasteiger partial charge in [0.05, 0.1) is 0 Å². The van der Waals surface area contributed by atoms with E-state index in [-0.39, 0.29) is 0 Å². The minimum absolute atomic E-state index is 0.364. The fraction of sp³-hybridized carbons (Fsp3) is 0.667. The van der Waals surface area contributed by atoms with Gasteiger partial charge in [0.1, 0.15) is 0 Å². The molecule has 1 rings (SSSR count). The van der Waals surface area contributed by atoms with Crippen LogP contribution < -0.4 is 5.32 Å². The number of nitrogens with one attached hydrogen (secondary N) is 1. The van der Waals surface area contributed by atoms with Gasteiger partial charge in [-0.1, -0.05) is 38.4 Å². The van der Waals surface area contributed by atoms with Gasteiger partial charge in [-0.25, -0.2) is 0 Å². The maximum Gasteiger partial charge on any atom is 0.0440 e. The summed E-state index contributed by atoms with van der Waals surface area (Å²) in [5, 5.41) is 4.42. The molecule has 0 radical (unpaired) electrons. The molecule has 0 aromatic heterocycles. The molecule has 0 heterocycles. The summed E-state index contributed by atoms with van der Waals surface area (Å²) in [6.07, 6.45) is 4.68. The molecule has 0 saturated carbocycles. The van der Waals surface area contributed by atoms with Crippen molar-refractivity contribution in [3.8, 4) is 0 Å². The van der Waals surface area contributed by atoms with Gasteiger partial charge in [-0.15, -0.1) is 0 Å². The molecule has 20 heavy (non-hydrogen) atoms. The lowest BCUT2D eigenvalue weighted by atomic mass is 9.83. The molecule has 0 fully saturated rings. The molecule has 1 aromatic carbocycles. The molecule has 0 amide bonds. The summed E-state index contributed by atoms with van der Waals surface area (Å²) in [5.74, 6) is 0. The van der Waals surface area contributed by atoms with Crippen molar-refractivity contribution in [3.05, 3.63) is 33.8 Å². The first-order valence-corrected chi connectivity index (χ1v) is 8.20. The van der Waals surface area contributed by atoms with Crippen LogP contribution in [0.5, 0.6) is 0 Å². The molecule has 0 unspecified atom stereocenters. The largest absolute Gasteiger partial charge is 0.317 e. The van der Waals surface area contributed by atoms with Gasteiger partial charge in [0, 0.05) is 5.02 Å². The van der Waals surface area contributed by atoms with E-state index in [0.29, 0.717) is 5.41 Å². The van der Waals surface area contributed by atoms with Gasteiger partial charge in [-0.3, -0.25) is 0 Å². The Kier molecular flexibility index (Phi) is 7.05. The van der Waals surface area contributed by atoms with E-state index in [1.165, 1.54) is 36.0 Å². The van der Waals surface area contributed by atoms with Gasteiger partial charge in [-0.2, -0.15) is 0 Å². The van der Waals surface area contributed by atoms with Gasteiger partial charge in [0.25, 0.3) is 0 Å². The van der Waals surface area contributed by atoms with Gasteiger partial charge in [0.2, 0.25) is 0 Å². The maximum absolute atomic E-state index is 6.36. The van der Waals surface area contributed by atoms with Crippen LogP contribution in [0.2, 0.25) is 5.02 Å². The van der Waals surface area contributed by atoms with Crippen LogP contribution in [0.3, 0.4) is 0 Å². The summed E-state index contributed by atoms with van der Waals surface area (Å²) in [4.78, 5) is 0. The molecule has 1 nitrogen and oxygen atoms in total. The van der Waals surface area contributed by atoms with Crippen LogP contribution in [0.25, 0.3) is 0 Å². The smallest absolute Gasteiger partial charge is 0.0440 e. The lowest BCUT2D eigenvalue weighted by molar-refractivity contribution is 0.302. The molecule has 0 atom stereocenters. The standard InChI is InChI=1S/C18H30ClN/c1-6-10-20-11-9-18(4,5)8-7-16-12-14(2)15(3)13-17(16)19/h12-13,20H,6-11H2,1-5H3. The Morgan fingerprint density at radius 3 is 2.35 bits per heavy atom. The normalized spacial score (nSPS) is 11.9. The van der Waals surface area contributed by atoms with Crippen molar-refractivity contribution in [3.63, 3.8) is 0 Å². The van der Waals surface area contributed by atoms with E-state index in [0.717, 1.165) is 24.5 Å². The van der Waals surface area contributed by atoms with Crippen LogP contribution in [0.4, 0.5) is 0 Å². The van der Waals surface area contributed by atoms with E-state index >= 15 is 0 Å². The van der Waals surface area contributed by atoms with Crippen LogP contribution in [0.1, 0.15) is 56.7 Å². The Balaban J connectivity index is 2.51. The Morgan fingerprint density at radius 1 is 1.05 bits per heavy atom. The van der Waals surface area contributed by atoms with E-state index in [4.69, 9.17) is 11.6 Å². The van der Waals surface area contributed by atoms with Crippen LogP contribution in [-0.4, -0.2) is 13.1 Å². The van der Waals surface area contributed by atoms with Gasteiger partial charge < -0.3 is 5.32 Å². The average Bonchev–Trinajstić information content (AvgIpc) is 2.37. The van der Waals surface area contributed by atoms with Crippen LogP contribution >= 0.6 is 11.6 Å². The fourth-order valence-electron chi connectivity index (χ4n) is 2.36. The molecule has 114 valence electrons. The first kappa shape index (κ1) is 17.5. The maximum atomic E-state index is 6.36. The second-order valence-corrected chi connectivity index (χ2v) is 7.10. The molecule has 0 aliphatic rings. The van der Waals surface area contributed by atoms with E-state index in [1.807, 2.05) is 0 Å². The second-order valence-electron chi connectivity index (χ2n) is 6.69. The van der Waals surface area contributed by atoms with E-state index in [2.05, 4.69) is 52.1 Å². The molecule has 0 saturated heterocycles. The van der Waals surface area contributed by atoms with Crippen LogP contribution in [-0.2, 0) is 6.42 Å². The number of rotatable bonds is 8. The number of benzene rings is 1. The molecule has 1 aromatic rings. The summed E-state index contributed by atoms with van der Waals surface area (Å²) in [6.45, 7) is 13.4. The summed E-state index contributed by atoms with van der Waals surface area (Å²) in [6, 6.07) is 4.35.